The first kappa shape index (κ1) is 51.3. The molecule has 0 heterocycles. The van der Waals surface area contributed by atoms with E-state index in [-0.39, 0.29) is 0 Å². The maximum absolute atomic E-state index is 14.3. The van der Waals surface area contributed by atoms with Crippen molar-refractivity contribution in [2.45, 2.75) is 241 Å². The summed E-state index contributed by atoms with van der Waals surface area (Å²) in [5.74, 6) is -0.129. The van der Waals surface area contributed by atoms with Crippen LogP contribution in [0.1, 0.15) is 221 Å². The zero-order chi connectivity index (χ0) is 37.2. The second-order valence-electron chi connectivity index (χ2n) is 15.8. The molecular formula is C43H90O4SSn2. The molecule has 0 amide bonds. The van der Waals surface area contributed by atoms with Crippen molar-refractivity contribution in [3.05, 3.63) is 0 Å². The van der Waals surface area contributed by atoms with Crippen LogP contribution in [-0.2, 0) is 10.9 Å². The summed E-state index contributed by atoms with van der Waals surface area (Å²) >= 11 is -2.65. The van der Waals surface area contributed by atoms with E-state index < -0.39 is 45.0 Å². The quantitative estimate of drug-likeness (QED) is 0.0365. The van der Waals surface area contributed by atoms with Crippen LogP contribution in [0.15, 0.2) is 0 Å². The smallest absolute Gasteiger partial charge is 0.0654 e. The van der Waals surface area contributed by atoms with Crippen molar-refractivity contribution < 1.29 is 16.0 Å². The Bertz CT molecular complexity index is 686. The van der Waals surface area contributed by atoms with Crippen molar-refractivity contribution in [1.82, 2.24) is 0 Å². The van der Waals surface area contributed by atoms with Gasteiger partial charge in [-0.25, -0.2) is 0 Å². The van der Waals surface area contributed by atoms with Gasteiger partial charge in [-0.15, -0.1) is 0 Å². The molecule has 0 aliphatic heterocycles. The first-order chi connectivity index (χ1) is 24.4. The van der Waals surface area contributed by atoms with Crippen LogP contribution in [0.25, 0.3) is 0 Å². The molecule has 0 spiro atoms. The van der Waals surface area contributed by atoms with E-state index in [4.69, 9.17) is 18.8 Å². The molecule has 7 heteroatoms. The van der Waals surface area contributed by atoms with Crippen LogP contribution in [0.5, 0.6) is 0 Å². The van der Waals surface area contributed by atoms with Crippen LogP contribution in [0, 0.1) is 0 Å². The predicted octanol–water partition coefficient (Wildman–Crippen LogP) is 15.2. The number of unbranched alkanes of at least 4 members (excludes halogenated alkanes) is 22. The molecule has 0 aromatic carbocycles. The zero-order valence-corrected chi connectivity index (χ0v) is 41.5. The van der Waals surface area contributed by atoms with Crippen LogP contribution in [0.4, 0.5) is 0 Å². The van der Waals surface area contributed by atoms with Gasteiger partial charge in [-0.3, -0.25) is 0 Å². The van der Waals surface area contributed by atoms with Crippen molar-refractivity contribution in [3.8, 4) is 0 Å². The van der Waals surface area contributed by atoms with Gasteiger partial charge >= 0.3 is 318 Å². The molecule has 0 fully saturated rings. The molecule has 0 aliphatic rings. The Labute approximate surface area is 329 Å². The molecule has 4 nitrogen and oxygen atoms in total. The number of hydrogen-bond acceptors (Lipinski definition) is 4. The first-order valence-electron chi connectivity index (χ1n) is 22.5. The molecule has 300 valence electrons. The molecular weight excluding hydrogens is 850 g/mol. The fraction of sp³-hybridized carbons (Fsp3) is 0.977. The maximum atomic E-state index is 14.3. The van der Waals surface area contributed by atoms with Gasteiger partial charge in [0.05, 0.1) is 0 Å². The predicted molar refractivity (Wildman–Crippen MR) is 230 cm³/mol. The summed E-state index contributed by atoms with van der Waals surface area (Å²) < 4.78 is 18.2. The number of thiol groups is 1. The number of rotatable bonds is 40. The van der Waals surface area contributed by atoms with Gasteiger partial charge in [-0.05, 0) is 0 Å². The number of carboxylic acid groups (broad SMARTS) is 1. The van der Waals surface area contributed by atoms with Crippen molar-refractivity contribution in [1.29, 1.82) is 0 Å². The van der Waals surface area contributed by atoms with E-state index >= 15 is 0 Å². The van der Waals surface area contributed by atoms with Gasteiger partial charge in [0.1, 0.15) is 0 Å². The Morgan fingerprint density at radius 2 is 0.680 bits per heavy atom. The van der Waals surface area contributed by atoms with E-state index in [2.05, 4.69) is 41.5 Å². The number of carbonyl (C=O) groups is 1. The average Bonchev–Trinajstić information content (AvgIpc) is 3.12. The molecule has 0 bridgehead atoms. The van der Waals surface area contributed by atoms with Gasteiger partial charge in [0.15, 0.2) is 0 Å². The molecule has 0 aromatic heterocycles. The van der Waals surface area contributed by atoms with E-state index in [1.165, 1.54) is 116 Å². The summed E-state index contributed by atoms with van der Waals surface area (Å²) in [5, 5.41) is 11.7. The van der Waals surface area contributed by atoms with E-state index in [1.54, 1.807) is 0 Å². The minimum absolute atomic E-state index is 0.436. The van der Waals surface area contributed by atoms with Crippen molar-refractivity contribution in [2.24, 2.45) is 0 Å². The molecule has 50 heavy (non-hydrogen) atoms. The van der Waals surface area contributed by atoms with Gasteiger partial charge in [-0.1, -0.05) is 13.8 Å². The van der Waals surface area contributed by atoms with Gasteiger partial charge in [0.25, 0.3) is 0 Å². The monoisotopic (exact) mass is 942 g/mol. The molecule has 0 saturated heterocycles. The van der Waals surface area contributed by atoms with Crippen LogP contribution >= 0.6 is 12.6 Å². The number of aliphatic carboxylic acids is 1. The Kier molecular flexibility index (Phi) is 35.7. The molecule has 1 N–H and O–H groups in total. The van der Waals surface area contributed by atoms with Gasteiger partial charge in [0, 0.05) is 0 Å². The van der Waals surface area contributed by atoms with E-state index in [0.717, 1.165) is 95.2 Å². The molecule has 0 aromatic rings. The fourth-order valence-corrected chi connectivity index (χ4v) is 69.8. The van der Waals surface area contributed by atoms with Gasteiger partial charge in [0.2, 0.25) is 0 Å². The SMILES string of the molecule is CCCCCCCCCCCC[O][Sn]([CH2]CCC)([CH2]CCC)[C](CS)(C(=O)O)[Sn]([CH2]CCC)([CH2]CCC)[O]CCCCCCCCCCCC. The summed E-state index contributed by atoms with van der Waals surface area (Å²) in [7, 11) is 0. The minimum atomic E-state index is -3.90. The molecule has 0 aliphatic carbocycles. The summed E-state index contributed by atoms with van der Waals surface area (Å²) in [4.78, 5) is 14.3. The van der Waals surface area contributed by atoms with Crippen LogP contribution < -0.4 is 0 Å². The normalized spacial score (nSPS) is 12.6. The second kappa shape index (κ2) is 34.8. The summed E-state index contributed by atoms with van der Waals surface area (Å²) in [5.41, 5.74) is 0. The first-order valence-corrected chi connectivity index (χ1v) is 36.4. The third-order valence-corrected chi connectivity index (χ3v) is 60.0. The third kappa shape index (κ3) is 19.8. The van der Waals surface area contributed by atoms with Crippen molar-refractivity contribution in [3.63, 3.8) is 0 Å². The topological polar surface area (TPSA) is 55.8 Å². The second-order valence-corrected chi connectivity index (χ2v) is 43.8. The zero-order valence-electron chi connectivity index (χ0n) is 34.9. The summed E-state index contributed by atoms with van der Waals surface area (Å²) in [6, 6.07) is 0. The van der Waals surface area contributed by atoms with Gasteiger partial charge in [-0.2, -0.15) is 0 Å². The Hall–Kier alpha value is 1.34. The van der Waals surface area contributed by atoms with E-state index in [1.807, 2.05) is 0 Å². The molecule has 0 rings (SSSR count). The Morgan fingerprint density at radius 3 is 0.900 bits per heavy atom. The third-order valence-electron chi connectivity index (χ3n) is 11.6. The van der Waals surface area contributed by atoms with Gasteiger partial charge < -0.3 is 0 Å². The minimum Gasteiger partial charge on any atom is -0.0654 e. The fourth-order valence-electron chi connectivity index (χ4n) is 8.36. The molecule has 0 saturated carbocycles. The van der Waals surface area contributed by atoms with Crippen molar-refractivity contribution >= 4 is 56.2 Å². The van der Waals surface area contributed by atoms with Crippen LogP contribution in [-0.4, -0.2) is 67.6 Å². The number of hydrogen-bond donors (Lipinski definition) is 2. The summed E-state index contributed by atoms with van der Waals surface area (Å²) in [6.45, 7) is 15.2. The van der Waals surface area contributed by atoms with E-state index in [9.17, 15) is 9.90 Å². The Morgan fingerprint density at radius 1 is 0.440 bits per heavy atom. The van der Waals surface area contributed by atoms with Crippen molar-refractivity contribution in [2.75, 3.05) is 19.0 Å². The average molecular weight is 941 g/mol. The summed E-state index contributed by atoms with van der Waals surface area (Å²) in [6.07, 6.45) is 34.8. The standard InChI is InChI=1S/2C12H25O.4C4H9.C3H4O2S.2Sn/c2*1-2-3-4-5-6-7-8-9-10-11-12-13;4*1-3-4-2;4-3(5)1-2-6;;/h2*2-12H2,1H3;4*1,3-4H2,2H3;6H,2H2,(H,4,5);;/q2*-1;;;;;;2*+1. The Balaban J connectivity index is 6.15. The molecule has 0 unspecified atom stereocenters. The van der Waals surface area contributed by atoms with Crippen LogP contribution in [0.3, 0.4) is 0 Å². The molecule has 0 atom stereocenters. The van der Waals surface area contributed by atoms with Crippen LogP contribution in [0.2, 0.25) is 19.2 Å². The molecule has 0 radical (unpaired) electrons. The van der Waals surface area contributed by atoms with E-state index in [0.29, 0.717) is 5.75 Å². The number of carboxylic acids is 1.